The Morgan fingerprint density at radius 3 is 2.50 bits per heavy atom. The van der Waals surface area contributed by atoms with E-state index in [1.54, 1.807) is 4.72 Å². The second-order valence-electron chi connectivity index (χ2n) is 2.87. The molecule has 0 spiro atoms. The molecule has 0 aliphatic rings. The van der Waals surface area contributed by atoms with Crippen molar-refractivity contribution < 1.29 is 22.0 Å². The summed E-state index contributed by atoms with van der Waals surface area (Å²) < 4.78 is 50.2. The summed E-state index contributed by atoms with van der Waals surface area (Å²) in [5.74, 6) is -3.05. The van der Waals surface area contributed by atoms with Gasteiger partial charge in [0, 0.05) is 6.07 Å². The number of halogens is 2. The van der Waals surface area contributed by atoms with Gasteiger partial charge in [-0.3, -0.25) is 4.79 Å². The Kier molecular flexibility index (Phi) is 3.55. The highest BCUT2D eigenvalue weighted by atomic mass is 32.2. The van der Waals surface area contributed by atoms with E-state index in [9.17, 15) is 22.0 Å². The van der Waals surface area contributed by atoms with Gasteiger partial charge in [-0.1, -0.05) is 0 Å². The molecule has 0 radical (unpaired) electrons. The van der Waals surface area contributed by atoms with Gasteiger partial charge in [-0.15, -0.1) is 0 Å². The first-order valence-electron chi connectivity index (χ1n) is 4.06. The van der Waals surface area contributed by atoms with Gasteiger partial charge < -0.3 is 5.73 Å². The fourth-order valence-corrected chi connectivity index (χ4v) is 1.99. The fraction of sp³-hybridized carbons (Fsp3) is 0.125. The van der Waals surface area contributed by atoms with Crippen LogP contribution in [0.1, 0.15) is 0 Å². The zero-order valence-electron chi connectivity index (χ0n) is 7.91. The van der Waals surface area contributed by atoms with Crippen molar-refractivity contribution in [3.63, 3.8) is 0 Å². The van der Waals surface area contributed by atoms with Crippen LogP contribution in [0.4, 0.5) is 8.78 Å². The summed E-state index contributed by atoms with van der Waals surface area (Å²) in [6, 6.07) is 1.98. The van der Waals surface area contributed by atoms with E-state index in [1.165, 1.54) is 0 Å². The van der Waals surface area contributed by atoms with E-state index in [4.69, 9.17) is 5.73 Å². The van der Waals surface area contributed by atoms with Crippen LogP contribution in [0.15, 0.2) is 23.1 Å². The molecule has 0 fully saturated rings. The Balaban J connectivity index is 3.03. The van der Waals surface area contributed by atoms with Crippen LogP contribution in [-0.2, 0) is 14.8 Å². The molecule has 0 aliphatic carbocycles. The van der Waals surface area contributed by atoms with Crippen LogP contribution in [0.3, 0.4) is 0 Å². The smallest absolute Gasteiger partial charge is 0.243 e. The molecule has 0 bridgehead atoms. The number of nitrogens with two attached hydrogens (primary N) is 1. The van der Waals surface area contributed by atoms with Crippen LogP contribution >= 0.6 is 0 Å². The zero-order valence-corrected chi connectivity index (χ0v) is 8.72. The first-order chi connectivity index (χ1) is 7.33. The lowest BCUT2D eigenvalue weighted by Gasteiger charge is -2.05. The number of primary amides is 1. The van der Waals surface area contributed by atoms with Crippen molar-refractivity contribution in [1.29, 1.82) is 0 Å². The summed E-state index contributed by atoms with van der Waals surface area (Å²) in [5.41, 5.74) is 4.72. The molecule has 0 aromatic heterocycles. The summed E-state index contributed by atoms with van der Waals surface area (Å²) >= 11 is 0. The third kappa shape index (κ3) is 2.97. The number of amides is 1. The Hall–Kier alpha value is -1.54. The van der Waals surface area contributed by atoms with Crippen LogP contribution in [0.25, 0.3) is 0 Å². The second-order valence-corrected chi connectivity index (χ2v) is 4.60. The largest absolute Gasteiger partial charge is 0.369 e. The lowest BCUT2D eigenvalue weighted by atomic mass is 10.3. The minimum absolute atomic E-state index is 0.429. The van der Waals surface area contributed by atoms with Crippen molar-refractivity contribution in [2.45, 2.75) is 4.90 Å². The van der Waals surface area contributed by atoms with Gasteiger partial charge in [0.1, 0.15) is 16.5 Å². The van der Waals surface area contributed by atoms with Crippen molar-refractivity contribution in [3.8, 4) is 0 Å². The van der Waals surface area contributed by atoms with Crippen LogP contribution in [0.2, 0.25) is 0 Å². The molecular weight excluding hydrogens is 242 g/mol. The first kappa shape index (κ1) is 12.5. The SMILES string of the molecule is NC(=O)CNS(=O)(=O)c1ccc(F)cc1F. The highest BCUT2D eigenvalue weighted by Crippen LogP contribution is 2.14. The molecule has 16 heavy (non-hydrogen) atoms. The Labute approximate surface area is 90.3 Å². The van der Waals surface area contributed by atoms with E-state index < -0.39 is 39.0 Å². The standard InChI is InChI=1S/C8H8F2N2O3S/c9-5-1-2-7(6(10)3-5)16(14,15)12-4-8(11)13/h1-3,12H,4H2,(H2,11,13). The molecule has 0 saturated heterocycles. The number of nitrogens with one attached hydrogen (secondary N) is 1. The molecule has 1 rings (SSSR count). The number of carbonyl (C=O) groups excluding carboxylic acids is 1. The van der Waals surface area contributed by atoms with Crippen LogP contribution in [0, 0.1) is 11.6 Å². The van der Waals surface area contributed by atoms with Gasteiger partial charge >= 0.3 is 0 Å². The molecule has 1 aromatic rings. The van der Waals surface area contributed by atoms with Gasteiger partial charge in [0.15, 0.2) is 0 Å². The van der Waals surface area contributed by atoms with Crippen molar-refractivity contribution in [2.24, 2.45) is 5.73 Å². The summed E-state index contributed by atoms with van der Waals surface area (Å²) in [6.45, 7) is -0.654. The number of sulfonamides is 1. The quantitative estimate of drug-likeness (QED) is 0.770. The third-order valence-corrected chi connectivity index (χ3v) is 3.05. The zero-order chi connectivity index (χ0) is 12.3. The van der Waals surface area contributed by atoms with Gasteiger partial charge in [-0.05, 0) is 12.1 Å². The molecule has 88 valence electrons. The van der Waals surface area contributed by atoms with Crippen molar-refractivity contribution in [3.05, 3.63) is 29.8 Å². The van der Waals surface area contributed by atoms with Crippen LogP contribution < -0.4 is 10.5 Å². The first-order valence-corrected chi connectivity index (χ1v) is 5.54. The Morgan fingerprint density at radius 2 is 2.00 bits per heavy atom. The minimum atomic E-state index is -4.20. The van der Waals surface area contributed by atoms with Crippen molar-refractivity contribution >= 4 is 15.9 Å². The number of hydrogen-bond donors (Lipinski definition) is 2. The second kappa shape index (κ2) is 4.54. The molecule has 0 saturated carbocycles. The molecule has 1 amide bonds. The highest BCUT2D eigenvalue weighted by molar-refractivity contribution is 7.89. The van der Waals surface area contributed by atoms with Crippen molar-refractivity contribution in [2.75, 3.05) is 6.54 Å². The maximum absolute atomic E-state index is 13.1. The fourth-order valence-electron chi connectivity index (χ4n) is 0.937. The molecule has 0 aliphatic heterocycles. The Bertz CT molecular complexity index is 516. The van der Waals surface area contributed by atoms with Crippen LogP contribution in [-0.4, -0.2) is 20.9 Å². The van der Waals surface area contributed by atoms with Gasteiger partial charge in [0.25, 0.3) is 0 Å². The maximum Gasteiger partial charge on any atom is 0.243 e. The molecular formula is C8H8F2N2O3S. The number of carbonyl (C=O) groups is 1. The number of benzene rings is 1. The monoisotopic (exact) mass is 250 g/mol. The number of rotatable bonds is 4. The average molecular weight is 250 g/mol. The van der Waals surface area contributed by atoms with Gasteiger partial charge in [-0.2, -0.15) is 0 Å². The molecule has 0 atom stereocenters. The predicted molar refractivity (Wildman–Crippen MR) is 50.7 cm³/mol. The molecule has 1 aromatic carbocycles. The van der Waals surface area contributed by atoms with E-state index in [1.807, 2.05) is 0 Å². The molecule has 8 heteroatoms. The molecule has 5 nitrogen and oxygen atoms in total. The summed E-state index contributed by atoms with van der Waals surface area (Å²) in [4.78, 5) is 9.62. The molecule has 0 unspecified atom stereocenters. The van der Waals surface area contributed by atoms with E-state index >= 15 is 0 Å². The lowest BCUT2D eigenvalue weighted by Crippen LogP contribution is -2.33. The van der Waals surface area contributed by atoms with E-state index in [0.717, 1.165) is 12.1 Å². The minimum Gasteiger partial charge on any atom is -0.369 e. The van der Waals surface area contributed by atoms with Crippen molar-refractivity contribution in [1.82, 2.24) is 4.72 Å². The lowest BCUT2D eigenvalue weighted by molar-refractivity contribution is -0.116. The maximum atomic E-state index is 13.1. The van der Waals surface area contributed by atoms with Gasteiger partial charge in [0.2, 0.25) is 15.9 Å². The normalized spacial score (nSPS) is 11.4. The topological polar surface area (TPSA) is 89.3 Å². The van der Waals surface area contributed by atoms with Gasteiger partial charge in [-0.25, -0.2) is 21.9 Å². The Morgan fingerprint density at radius 1 is 1.38 bits per heavy atom. The van der Waals surface area contributed by atoms with Gasteiger partial charge in [0.05, 0.1) is 6.54 Å². The highest BCUT2D eigenvalue weighted by Gasteiger charge is 2.19. The third-order valence-electron chi connectivity index (χ3n) is 1.62. The molecule has 3 N–H and O–H groups in total. The van der Waals surface area contributed by atoms with Crippen LogP contribution in [0.5, 0.6) is 0 Å². The number of hydrogen-bond acceptors (Lipinski definition) is 3. The average Bonchev–Trinajstić information content (AvgIpc) is 2.14. The van der Waals surface area contributed by atoms with E-state index in [-0.39, 0.29) is 0 Å². The van der Waals surface area contributed by atoms with E-state index in [0.29, 0.717) is 6.07 Å². The van der Waals surface area contributed by atoms with E-state index in [2.05, 4.69) is 0 Å². The molecule has 0 heterocycles. The summed E-state index contributed by atoms with van der Waals surface area (Å²) in [6.07, 6.45) is 0. The predicted octanol–water partition coefficient (Wildman–Crippen LogP) is -0.272. The summed E-state index contributed by atoms with van der Waals surface area (Å²) in [7, 11) is -4.20. The summed E-state index contributed by atoms with van der Waals surface area (Å²) in [5, 5.41) is 0.